The molecular weight excluding hydrogens is 617 g/mol. The van der Waals surface area contributed by atoms with Crippen LogP contribution in [0.4, 0.5) is 11.5 Å². The molecule has 4 rings (SSSR count). The number of nitrogens with one attached hydrogen (secondary N) is 1. The number of aromatic nitrogens is 4. The van der Waals surface area contributed by atoms with Gasteiger partial charge in [0.15, 0.2) is 23.8 Å². The molecular formula is C18H23N6O14P3. The number of imidazole rings is 1. The van der Waals surface area contributed by atoms with Crippen LogP contribution < -0.4 is 11.1 Å². The molecule has 2 aromatic heterocycles. The molecule has 20 nitrogen and oxygen atoms in total. The van der Waals surface area contributed by atoms with Crippen molar-refractivity contribution < 1.29 is 65.8 Å². The molecule has 8 N–H and O–H groups in total. The SMILES string of the molecule is CNc1ccccc1C(=O)OC1C(COP(=O)(O)OP(=O)(O)OP(=O)(O)O)OC(n2cnc3c(N)ncnc32)C1O. The fourth-order valence-corrected chi connectivity index (χ4v) is 6.85. The minimum absolute atomic E-state index is 0.0112. The summed E-state index contributed by atoms with van der Waals surface area (Å²) in [5, 5.41) is 13.9. The topological polar surface area (TPSA) is 297 Å². The number of aliphatic hydroxyl groups excluding tert-OH is 1. The number of hydrogen-bond acceptors (Lipinski definition) is 15. The Balaban J connectivity index is 1.60. The lowest BCUT2D eigenvalue weighted by atomic mass is 10.1. The first-order valence-electron chi connectivity index (χ1n) is 11.1. The molecule has 0 amide bonds. The number of aliphatic hydroxyl groups is 1. The van der Waals surface area contributed by atoms with E-state index in [9.17, 15) is 33.4 Å². The van der Waals surface area contributed by atoms with E-state index in [0.29, 0.717) is 5.69 Å². The number of phosphoric ester groups is 1. The fraction of sp³-hybridized carbons (Fsp3) is 0.333. The predicted molar refractivity (Wildman–Crippen MR) is 135 cm³/mol. The van der Waals surface area contributed by atoms with Gasteiger partial charge in [-0.15, -0.1) is 0 Å². The number of para-hydroxylation sites is 1. The number of phosphoric acid groups is 3. The molecule has 6 atom stereocenters. The number of carbonyl (C=O) groups is 1. The summed E-state index contributed by atoms with van der Waals surface area (Å²) in [5.74, 6) is -0.925. The molecule has 3 aromatic rings. The van der Waals surface area contributed by atoms with Crippen LogP contribution >= 0.6 is 23.5 Å². The Hall–Kier alpha value is -2.83. The van der Waals surface area contributed by atoms with Gasteiger partial charge in [0, 0.05) is 12.7 Å². The van der Waals surface area contributed by atoms with E-state index in [1.54, 1.807) is 25.2 Å². The van der Waals surface area contributed by atoms with Crippen LogP contribution in [0.1, 0.15) is 16.6 Å². The van der Waals surface area contributed by atoms with Crippen molar-refractivity contribution in [3.63, 3.8) is 0 Å². The Labute approximate surface area is 229 Å². The van der Waals surface area contributed by atoms with E-state index in [1.165, 1.54) is 17.0 Å². The number of nitrogens with zero attached hydrogens (tertiary/aromatic N) is 4. The van der Waals surface area contributed by atoms with Crippen molar-refractivity contribution in [2.45, 2.75) is 24.5 Å². The van der Waals surface area contributed by atoms with Gasteiger partial charge in [-0.05, 0) is 12.1 Å². The van der Waals surface area contributed by atoms with Crippen LogP contribution in [0.3, 0.4) is 0 Å². The van der Waals surface area contributed by atoms with Crippen LogP contribution in [0.15, 0.2) is 36.9 Å². The Morgan fingerprint density at radius 1 is 1.10 bits per heavy atom. The Morgan fingerprint density at radius 3 is 2.49 bits per heavy atom. The zero-order valence-electron chi connectivity index (χ0n) is 20.6. The van der Waals surface area contributed by atoms with Crippen molar-refractivity contribution in [1.82, 2.24) is 19.5 Å². The molecule has 0 saturated carbocycles. The summed E-state index contributed by atoms with van der Waals surface area (Å²) in [7, 11) is -15.4. The Morgan fingerprint density at radius 2 is 1.80 bits per heavy atom. The van der Waals surface area contributed by atoms with Crippen LogP contribution in [0.5, 0.6) is 0 Å². The number of carbonyl (C=O) groups excluding carboxylic acids is 1. The number of anilines is 2. The number of fused-ring (bicyclic) bond motifs is 1. The monoisotopic (exact) mass is 640 g/mol. The molecule has 224 valence electrons. The highest BCUT2D eigenvalue weighted by molar-refractivity contribution is 7.66. The maximum atomic E-state index is 13.0. The lowest BCUT2D eigenvalue weighted by Gasteiger charge is -2.22. The molecule has 3 heterocycles. The smallest absolute Gasteiger partial charge is 0.453 e. The first-order valence-corrected chi connectivity index (χ1v) is 15.7. The predicted octanol–water partition coefficient (Wildman–Crippen LogP) is 0.277. The van der Waals surface area contributed by atoms with E-state index >= 15 is 0 Å². The van der Waals surface area contributed by atoms with E-state index in [0.717, 1.165) is 6.33 Å². The molecule has 0 radical (unpaired) electrons. The average Bonchev–Trinajstić information content (AvgIpc) is 3.42. The van der Waals surface area contributed by atoms with Gasteiger partial charge in [0.1, 0.15) is 24.1 Å². The average molecular weight is 640 g/mol. The number of nitrogens with two attached hydrogens (primary N) is 1. The summed E-state index contributed by atoms with van der Waals surface area (Å²) in [4.78, 5) is 61.6. The quantitative estimate of drug-likeness (QED) is 0.109. The molecule has 0 bridgehead atoms. The zero-order valence-corrected chi connectivity index (χ0v) is 23.3. The molecule has 1 fully saturated rings. The zero-order chi connectivity index (χ0) is 30.2. The molecule has 1 aliphatic rings. The fourth-order valence-electron chi connectivity index (χ4n) is 3.82. The molecule has 0 spiro atoms. The van der Waals surface area contributed by atoms with Gasteiger partial charge in [0.25, 0.3) is 0 Å². The second-order valence-corrected chi connectivity index (χ2v) is 12.6. The van der Waals surface area contributed by atoms with Gasteiger partial charge in [-0.3, -0.25) is 9.09 Å². The number of benzene rings is 1. The van der Waals surface area contributed by atoms with Crippen molar-refractivity contribution in [1.29, 1.82) is 0 Å². The van der Waals surface area contributed by atoms with Crippen molar-refractivity contribution in [3.8, 4) is 0 Å². The van der Waals surface area contributed by atoms with Crippen molar-refractivity contribution in [2.24, 2.45) is 0 Å². The molecule has 41 heavy (non-hydrogen) atoms. The summed E-state index contributed by atoms with van der Waals surface area (Å²) in [6.45, 7) is -1.02. The van der Waals surface area contributed by atoms with Crippen molar-refractivity contribution >= 4 is 52.1 Å². The lowest BCUT2D eigenvalue weighted by molar-refractivity contribution is -0.0520. The maximum absolute atomic E-state index is 13.0. The van der Waals surface area contributed by atoms with Gasteiger partial charge in [0.2, 0.25) is 0 Å². The molecule has 1 aliphatic heterocycles. The molecule has 23 heteroatoms. The third-order valence-corrected chi connectivity index (χ3v) is 9.25. The van der Waals surface area contributed by atoms with Crippen molar-refractivity contribution in [3.05, 3.63) is 42.5 Å². The molecule has 0 aliphatic carbocycles. The standard InChI is InChI=1S/C18H23N6O14P3/c1-20-10-5-3-2-4-9(10)18(26)36-14-11(6-34-40(30,31)38-41(32,33)37-39(27,28)29)35-17(13(14)25)24-8-23-12-15(19)21-7-22-16(12)24/h2-5,7-8,11,13-14,17,20,25H,6H2,1H3,(H,30,31)(H,32,33)(H2,19,21,22)(H2,27,28,29). The van der Waals surface area contributed by atoms with Crippen LogP contribution in [0.2, 0.25) is 0 Å². The minimum Gasteiger partial charge on any atom is -0.453 e. The van der Waals surface area contributed by atoms with E-state index in [2.05, 4.69) is 33.4 Å². The van der Waals surface area contributed by atoms with Crippen molar-refractivity contribution in [2.75, 3.05) is 24.7 Å². The largest absolute Gasteiger partial charge is 0.490 e. The Kier molecular flexibility index (Phi) is 8.96. The van der Waals surface area contributed by atoms with Gasteiger partial charge in [0.05, 0.1) is 18.5 Å². The third-order valence-electron chi connectivity index (χ3n) is 5.45. The highest BCUT2D eigenvalue weighted by Gasteiger charge is 2.49. The molecule has 1 saturated heterocycles. The number of hydrogen-bond donors (Lipinski definition) is 7. The highest BCUT2D eigenvalue weighted by atomic mass is 31.3. The highest BCUT2D eigenvalue weighted by Crippen LogP contribution is 2.66. The molecule has 1 aromatic carbocycles. The number of esters is 1. The van der Waals surface area contributed by atoms with Crippen LogP contribution in [0, 0.1) is 0 Å². The first kappa shape index (κ1) is 31.1. The molecule has 6 unspecified atom stereocenters. The van der Waals surface area contributed by atoms with E-state index in [-0.39, 0.29) is 22.5 Å². The van der Waals surface area contributed by atoms with E-state index in [1.807, 2.05) is 0 Å². The second kappa shape index (κ2) is 11.8. The number of nitrogen functional groups attached to an aromatic ring is 1. The van der Waals surface area contributed by atoms with Gasteiger partial charge in [-0.25, -0.2) is 33.4 Å². The first-order chi connectivity index (χ1) is 19.1. The van der Waals surface area contributed by atoms with Gasteiger partial charge in [-0.1, -0.05) is 12.1 Å². The van der Waals surface area contributed by atoms with E-state index in [4.69, 9.17) is 25.0 Å². The van der Waals surface area contributed by atoms with Gasteiger partial charge >= 0.3 is 29.4 Å². The van der Waals surface area contributed by atoms with Crippen LogP contribution in [-0.2, 0) is 36.3 Å². The summed E-state index contributed by atoms with van der Waals surface area (Å²) in [6.07, 6.45) is -3.88. The van der Waals surface area contributed by atoms with E-state index < -0.39 is 60.6 Å². The maximum Gasteiger partial charge on any atom is 0.490 e. The minimum atomic E-state index is -5.80. The second-order valence-electron chi connectivity index (χ2n) is 8.19. The van der Waals surface area contributed by atoms with Gasteiger partial charge < -0.3 is 45.2 Å². The lowest BCUT2D eigenvalue weighted by Crippen LogP contribution is -2.38. The number of ether oxygens (including phenoxy) is 2. The summed E-state index contributed by atoms with van der Waals surface area (Å²) in [5.41, 5.74) is 6.50. The third kappa shape index (κ3) is 7.34. The van der Waals surface area contributed by atoms with Gasteiger partial charge in [-0.2, -0.15) is 8.62 Å². The normalized spacial score (nSPS) is 24.0. The Bertz CT molecular complexity index is 1580. The summed E-state index contributed by atoms with van der Waals surface area (Å²) in [6, 6.07) is 6.21. The summed E-state index contributed by atoms with van der Waals surface area (Å²) < 4.78 is 59.3. The van der Waals surface area contributed by atoms with Crippen LogP contribution in [-0.4, -0.2) is 82.1 Å². The number of rotatable bonds is 11. The van der Waals surface area contributed by atoms with Crippen LogP contribution in [0.25, 0.3) is 11.2 Å². The summed E-state index contributed by atoms with van der Waals surface area (Å²) >= 11 is 0.